The molecule has 0 unspecified atom stereocenters. The number of aromatic nitrogens is 3. The minimum absolute atomic E-state index is 0.130. The zero-order valence-electron chi connectivity index (χ0n) is 16.2. The summed E-state index contributed by atoms with van der Waals surface area (Å²) in [4.78, 5) is 12.5. The summed E-state index contributed by atoms with van der Waals surface area (Å²) < 4.78 is 1.97. The SMILES string of the molecule is Cc1ccc(Cl)cc1NC(=O)CSc1nnc(-c2ccccc2)n1-c1ccccc1. The highest BCUT2D eigenvalue weighted by Gasteiger charge is 2.17. The second-order valence-corrected chi connectivity index (χ2v) is 8.02. The van der Waals surface area contributed by atoms with E-state index in [1.807, 2.05) is 78.2 Å². The molecule has 0 saturated heterocycles. The van der Waals surface area contributed by atoms with E-state index in [4.69, 9.17) is 11.6 Å². The fourth-order valence-electron chi connectivity index (χ4n) is 2.99. The van der Waals surface area contributed by atoms with E-state index < -0.39 is 0 Å². The molecule has 4 rings (SSSR count). The highest BCUT2D eigenvalue weighted by Crippen LogP contribution is 2.28. The van der Waals surface area contributed by atoms with Crippen LogP contribution in [0.15, 0.2) is 84.0 Å². The fraction of sp³-hybridized carbons (Fsp3) is 0.0870. The van der Waals surface area contributed by atoms with Crippen LogP contribution >= 0.6 is 23.4 Å². The molecule has 0 atom stereocenters. The molecule has 30 heavy (non-hydrogen) atoms. The monoisotopic (exact) mass is 434 g/mol. The summed E-state index contributed by atoms with van der Waals surface area (Å²) >= 11 is 7.38. The molecule has 0 spiro atoms. The van der Waals surface area contributed by atoms with E-state index in [0.29, 0.717) is 15.9 Å². The molecule has 0 aliphatic carbocycles. The van der Waals surface area contributed by atoms with Gasteiger partial charge in [-0.3, -0.25) is 9.36 Å². The smallest absolute Gasteiger partial charge is 0.234 e. The van der Waals surface area contributed by atoms with Crippen molar-refractivity contribution in [2.24, 2.45) is 0 Å². The molecule has 0 saturated carbocycles. The van der Waals surface area contributed by atoms with Crippen LogP contribution in [-0.2, 0) is 4.79 Å². The van der Waals surface area contributed by atoms with Crippen molar-refractivity contribution in [3.05, 3.63) is 89.4 Å². The number of rotatable bonds is 6. The van der Waals surface area contributed by atoms with Gasteiger partial charge < -0.3 is 5.32 Å². The molecule has 0 fully saturated rings. The number of carbonyl (C=O) groups is 1. The van der Waals surface area contributed by atoms with Gasteiger partial charge in [-0.05, 0) is 36.8 Å². The number of aryl methyl sites for hydroxylation is 1. The third kappa shape index (κ3) is 4.56. The van der Waals surface area contributed by atoms with Gasteiger partial charge in [0.25, 0.3) is 0 Å². The van der Waals surface area contributed by atoms with Crippen molar-refractivity contribution in [2.75, 3.05) is 11.1 Å². The maximum absolute atomic E-state index is 12.5. The van der Waals surface area contributed by atoms with Crippen molar-refractivity contribution < 1.29 is 4.79 Å². The number of nitrogens with zero attached hydrogens (tertiary/aromatic N) is 3. The molecule has 0 aliphatic rings. The summed E-state index contributed by atoms with van der Waals surface area (Å²) in [5, 5.41) is 12.9. The number of para-hydroxylation sites is 1. The largest absolute Gasteiger partial charge is 0.325 e. The second kappa shape index (κ2) is 9.15. The number of nitrogens with one attached hydrogen (secondary N) is 1. The first-order valence-corrected chi connectivity index (χ1v) is 10.7. The van der Waals surface area contributed by atoms with Crippen LogP contribution < -0.4 is 5.32 Å². The van der Waals surface area contributed by atoms with Crippen molar-refractivity contribution in [1.29, 1.82) is 0 Å². The normalized spacial score (nSPS) is 10.7. The first-order chi connectivity index (χ1) is 14.6. The van der Waals surface area contributed by atoms with Crippen LogP contribution in [0.4, 0.5) is 5.69 Å². The molecule has 1 aromatic heterocycles. The van der Waals surface area contributed by atoms with Crippen LogP contribution in [0.1, 0.15) is 5.56 Å². The van der Waals surface area contributed by atoms with Crippen molar-refractivity contribution >= 4 is 35.0 Å². The van der Waals surface area contributed by atoms with Gasteiger partial charge in [-0.25, -0.2) is 0 Å². The van der Waals surface area contributed by atoms with E-state index in [9.17, 15) is 4.79 Å². The number of benzene rings is 3. The molecule has 150 valence electrons. The number of anilines is 1. The molecular formula is C23H19ClN4OS. The predicted octanol–water partition coefficient (Wildman–Crippen LogP) is 5.63. The first-order valence-electron chi connectivity index (χ1n) is 9.37. The predicted molar refractivity (Wildman–Crippen MR) is 122 cm³/mol. The van der Waals surface area contributed by atoms with Gasteiger partial charge in [-0.2, -0.15) is 0 Å². The summed E-state index contributed by atoms with van der Waals surface area (Å²) in [6.07, 6.45) is 0. The number of carbonyl (C=O) groups excluding carboxylic acids is 1. The van der Waals surface area contributed by atoms with Gasteiger partial charge >= 0.3 is 0 Å². The van der Waals surface area contributed by atoms with Crippen LogP contribution in [0.25, 0.3) is 17.1 Å². The van der Waals surface area contributed by atoms with Crippen LogP contribution in [0.5, 0.6) is 0 Å². The minimum atomic E-state index is -0.130. The van der Waals surface area contributed by atoms with Crippen LogP contribution in [0.3, 0.4) is 0 Å². The molecule has 1 amide bonds. The lowest BCUT2D eigenvalue weighted by molar-refractivity contribution is -0.113. The summed E-state index contributed by atoms with van der Waals surface area (Å²) in [6, 6.07) is 25.2. The van der Waals surface area contributed by atoms with Crippen molar-refractivity contribution in [1.82, 2.24) is 14.8 Å². The Balaban J connectivity index is 1.58. The lowest BCUT2D eigenvalue weighted by Crippen LogP contribution is -2.15. The first kappa shape index (κ1) is 20.2. The van der Waals surface area contributed by atoms with Crippen molar-refractivity contribution in [3.63, 3.8) is 0 Å². The van der Waals surface area contributed by atoms with E-state index in [-0.39, 0.29) is 11.7 Å². The van der Waals surface area contributed by atoms with Gasteiger partial charge in [0.1, 0.15) is 0 Å². The van der Waals surface area contributed by atoms with E-state index in [1.54, 1.807) is 12.1 Å². The summed E-state index contributed by atoms with van der Waals surface area (Å²) in [7, 11) is 0. The Kier molecular flexibility index (Phi) is 6.16. The van der Waals surface area contributed by atoms with E-state index in [1.165, 1.54) is 11.8 Å². The molecule has 5 nitrogen and oxygen atoms in total. The maximum atomic E-state index is 12.5. The van der Waals surface area contributed by atoms with Crippen LogP contribution in [-0.4, -0.2) is 26.4 Å². The molecule has 1 heterocycles. The Morgan fingerprint density at radius 1 is 1.00 bits per heavy atom. The lowest BCUT2D eigenvalue weighted by Gasteiger charge is -2.11. The van der Waals surface area contributed by atoms with Gasteiger partial charge in [0.05, 0.1) is 5.75 Å². The third-order valence-electron chi connectivity index (χ3n) is 4.49. The zero-order valence-corrected chi connectivity index (χ0v) is 17.8. The van der Waals surface area contributed by atoms with Crippen LogP contribution in [0, 0.1) is 6.92 Å². The summed E-state index contributed by atoms with van der Waals surface area (Å²) in [5.41, 5.74) is 3.56. The van der Waals surface area contributed by atoms with Gasteiger partial charge in [0.15, 0.2) is 11.0 Å². The Hall–Kier alpha value is -3.09. The van der Waals surface area contributed by atoms with E-state index in [2.05, 4.69) is 15.5 Å². The molecule has 4 aromatic rings. The van der Waals surface area contributed by atoms with Gasteiger partial charge in [0.2, 0.25) is 5.91 Å². The Labute approximate surface area is 184 Å². The average Bonchev–Trinajstić information content (AvgIpc) is 3.20. The number of amides is 1. The molecule has 1 N–H and O–H groups in total. The minimum Gasteiger partial charge on any atom is -0.325 e. The highest BCUT2D eigenvalue weighted by atomic mass is 35.5. The summed E-state index contributed by atoms with van der Waals surface area (Å²) in [6.45, 7) is 1.93. The standard InChI is InChI=1S/C23H19ClN4OS/c1-16-12-13-18(24)14-20(16)25-21(29)15-30-23-27-26-22(17-8-4-2-5-9-17)28(23)19-10-6-3-7-11-19/h2-14H,15H2,1H3,(H,25,29). The molecule has 7 heteroatoms. The molecular weight excluding hydrogens is 416 g/mol. The Morgan fingerprint density at radius 2 is 1.70 bits per heavy atom. The van der Waals surface area contributed by atoms with Crippen molar-refractivity contribution in [2.45, 2.75) is 12.1 Å². The Morgan fingerprint density at radius 3 is 2.43 bits per heavy atom. The number of thioether (sulfide) groups is 1. The van der Waals surface area contributed by atoms with E-state index >= 15 is 0 Å². The zero-order chi connectivity index (χ0) is 20.9. The molecule has 3 aromatic carbocycles. The molecule has 0 radical (unpaired) electrons. The van der Waals surface area contributed by atoms with E-state index in [0.717, 1.165) is 22.6 Å². The number of hydrogen-bond acceptors (Lipinski definition) is 4. The second-order valence-electron chi connectivity index (χ2n) is 6.64. The van der Waals surface area contributed by atoms with Gasteiger partial charge in [-0.1, -0.05) is 78.0 Å². The van der Waals surface area contributed by atoms with Crippen molar-refractivity contribution in [3.8, 4) is 17.1 Å². The Bertz CT molecular complexity index is 1160. The molecule has 0 aliphatic heterocycles. The molecule has 0 bridgehead atoms. The topological polar surface area (TPSA) is 59.8 Å². The maximum Gasteiger partial charge on any atom is 0.234 e. The average molecular weight is 435 g/mol. The third-order valence-corrected chi connectivity index (χ3v) is 5.65. The summed E-state index contributed by atoms with van der Waals surface area (Å²) in [5.74, 6) is 0.802. The van der Waals surface area contributed by atoms with Gasteiger partial charge in [0, 0.05) is 22.0 Å². The fourth-order valence-corrected chi connectivity index (χ4v) is 3.92. The van der Waals surface area contributed by atoms with Gasteiger partial charge in [-0.15, -0.1) is 10.2 Å². The number of hydrogen-bond donors (Lipinski definition) is 1. The lowest BCUT2D eigenvalue weighted by atomic mass is 10.2. The van der Waals surface area contributed by atoms with Crippen LogP contribution in [0.2, 0.25) is 5.02 Å². The quantitative estimate of drug-likeness (QED) is 0.400. The number of halogens is 1. The highest BCUT2D eigenvalue weighted by molar-refractivity contribution is 7.99.